The molecule has 0 saturated heterocycles. The molecule has 0 amide bonds. The van der Waals surface area contributed by atoms with Crippen molar-refractivity contribution in [1.29, 1.82) is 0 Å². The number of hydrogen-bond acceptors (Lipinski definition) is 4. The normalized spacial score (nSPS) is 17.7. The van der Waals surface area contributed by atoms with Gasteiger partial charge in [-0.25, -0.2) is 9.97 Å². The Kier molecular flexibility index (Phi) is 13.0. The molecular formula is C33H48N2O2. The van der Waals surface area contributed by atoms with Crippen molar-refractivity contribution in [2.24, 2.45) is 11.8 Å². The molecule has 4 heteroatoms. The van der Waals surface area contributed by atoms with Gasteiger partial charge in [0.1, 0.15) is 11.6 Å². The molecule has 37 heavy (non-hydrogen) atoms. The standard InChI is InChI=1S/C33H48N2O2/c1-3-5-7-8-9-10-11-13-15-28-24-34-33(35-25-28)29-19-16-27(17-20-29)23-32(37)30-21-18-26(22-31(30)36)14-12-6-4-2/h16-17,19-20,24-26,30H,3-15,18,21-23H2,1-2H3. The van der Waals surface area contributed by atoms with Crippen molar-refractivity contribution < 1.29 is 9.59 Å². The third-order valence-corrected chi connectivity index (χ3v) is 7.96. The molecule has 1 aromatic heterocycles. The van der Waals surface area contributed by atoms with Gasteiger partial charge in [-0.2, -0.15) is 0 Å². The van der Waals surface area contributed by atoms with Gasteiger partial charge in [-0.15, -0.1) is 0 Å². The summed E-state index contributed by atoms with van der Waals surface area (Å²) in [5, 5.41) is 0. The van der Waals surface area contributed by atoms with Crippen LogP contribution in [0.25, 0.3) is 11.4 Å². The summed E-state index contributed by atoms with van der Waals surface area (Å²) in [6, 6.07) is 7.93. The van der Waals surface area contributed by atoms with Crippen molar-refractivity contribution in [1.82, 2.24) is 9.97 Å². The number of Topliss-reactive ketones (excluding diaryl/α,β-unsaturated/α-hetero) is 2. The van der Waals surface area contributed by atoms with Crippen LogP contribution in [0.4, 0.5) is 0 Å². The lowest BCUT2D eigenvalue weighted by molar-refractivity contribution is -0.135. The number of ketones is 2. The fourth-order valence-corrected chi connectivity index (χ4v) is 5.55. The van der Waals surface area contributed by atoms with Crippen molar-refractivity contribution >= 4 is 11.6 Å². The van der Waals surface area contributed by atoms with E-state index in [1.165, 1.54) is 76.2 Å². The molecule has 0 aliphatic heterocycles. The van der Waals surface area contributed by atoms with Crippen molar-refractivity contribution in [3.05, 3.63) is 47.8 Å². The maximum atomic E-state index is 12.9. The maximum absolute atomic E-state index is 12.9. The van der Waals surface area contributed by atoms with Crippen molar-refractivity contribution in [2.75, 3.05) is 0 Å². The van der Waals surface area contributed by atoms with Gasteiger partial charge in [-0.1, -0.05) is 109 Å². The SMILES string of the molecule is CCCCCCCCCCc1cnc(-c2ccc(CC(=O)C3CCC(CCCCC)CC3=O)cc2)nc1. The molecule has 2 unspecified atom stereocenters. The molecule has 0 N–H and O–H groups in total. The van der Waals surface area contributed by atoms with Gasteiger partial charge < -0.3 is 0 Å². The summed E-state index contributed by atoms with van der Waals surface area (Å²) in [5.74, 6) is 1.03. The van der Waals surface area contributed by atoms with E-state index < -0.39 is 5.92 Å². The zero-order valence-electron chi connectivity index (χ0n) is 23.4. The van der Waals surface area contributed by atoms with Crippen LogP contribution in [0.15, 0.2) is 36.7 Å². The minimum atomic E-state index is -0.404. The van der Waals surface area contributed by atoms with Crippen LogP contribution in [0, 0.1) is 11.8 Å². The summed E-state index contributed by atoms with van der Waals surface area (Å²) in [6.45, 7) is 4.46. The average molecular weight is 505 g/mol. The lowest BCUT2D eigenvalue weighted by Gasteiger charge is -2.26. The van der Waals surface area contributed by atoms with Crippen molar-refractivity contribution in [3.63, 3.8) is 0 Å². The topological polar surface area (TPSA) is 59.9 Å². The Labute approximate surface area is 225 Å². The second kappa shape index (κ2) is 16.5. The fourth-order valence-electron chi connectivity index (χ4n) is 5.55. The first-order chi connectivity index (χ1) is 18.1. The Morgan fingerprint density at radius 3 is 2.05 bits per heavy atom. The summed E-state index contributed by atoms with van der Waals surface area (Å²) in [7, 11) is 0. The van der Waals surface area contributed by atoms with E-state index in [9.17, 15) is 9.59 Å². The van der Waals surface area contributed by atoms with Crippen LogP contribution in [-0.2, 0) is 22.4 Å². The highest BCUT2D eigenvalue weighted by atomic mass is 16.1. The summed E-state index contributed by atoms with van der Waals surface area (Å²) in [4.78, 5) is 34.7. The van der Waals surface area contributed by atoms with Gasteiger partial charge in [0.2, 0.25) is 0 Å². The minimum absolute atomic E-state index is 0.0753. The van der Waals surface area contributed by atoms with Gasteiger partial charge in [-0.3, -0.25) is 9.59 Å². The monoisotopic (exact) mass is 504 g/mol. The molecule has 1 aromatic carbocycles. The first kappa shape index (κ1) is 29.2. The van der Waals surface area contributed by atoms with Gasteiger partial charge in [0.15, 0.2) is 5.82 Å². The first-order valence-electron chi connectivity index (χ1n) is 15.1. The Morgan fingerprint density at radius 1 is 0.784 bits per heavy atom. The van der Waals surface area contributed by atoms with Crippen LogP contribution < -0.4 is 0 Å². The van der Waals surface area contributed by atoms with Crippen LogP contribution in [0.5, 0.6) is 0 Å². The van der Waals surface area contributed by atoms with Gasteiger partial charge in [0, 0.05) is 30.8 Å². The number of carbonyl (C=O) groups excluding carboxylic acids is 2. The average Bonchev–Trinajstić information content (AvgIpc) is 2.91. The van der Waals surface area contributed by atoms with Crippen molar-refractivity contribution in [2.45, 2.75) is 123 Å². The van der Waals surface area contributed by atoms with E-state index in [1.54, 1.807) is 0 Å². The van der Waals surface area contributed by atoms with Gasteiger partial charge >= 0.3 is 0 Å². The molecule has 0 radical (unpaired) electrons. The molecule has 3 rings (SSSR count). The Morgan fingerprint density at radius 2 is 1.41 bits per heavy atom. The number of benzene rings is 1. The van der Waals surface area contributed by atoms with E-state index in [0.29, 0.717) is 24.6 Å². The highest BCUT2D eigenvalue weighted by Crippen LogP contribution is 2.31. The number of hydrogen-bond donors (Lipinski definition) is 0. The summed E-state index contributed by atoms with van der Waals surface area (Å²) in [6.07, 6.45) is 22.9. The molecule has 2 atom stereocenters. The largest absolute Gasteiger partial charge is 0.299 e. The fraction of sp³-hybridized carbons (Fsp3) is 0.636. The van der Waals surface area contributed by atoms with E-state index in [0.717, 1.165) is 36.8 Å². The second-order valence-electron chi connectivity index (χ2n) is 11.1. The Balaban J connectivity index is 1.40. The van der Waals surface area contributed by atoms with E-state index in [2.05, 4.69) is 23.8 Å². The summed E-state index contributed by atoms with van der Waals surface area (Å²) in [5.41, 5.74) is 3.11. The van der Waals surface area contributed by atoms with Crippen LogP contribution >= 0.6 is 0 Å². The molecule has 1 aliphatic rings. The number of nitrogens with zero attached hydrogens (tertiary/aromatic N) is 2. The Hall–Kier alpha value is -2.36. The molecule has 1 fully saturated rings. The van der Waals surface area contributed by atoms with Gasteiger partial charge in [0.25, 0.3) is 0 Å². The number of rotatable bonds is 17. The number of aromatic nitrogens is 2. The lowest BCUT2D eigenvalue weighted by Crippen LogP contribution is -2.32. The van der Waals surface area contributed by atoms with E-state index >= 15 is 0 Å². The zero-order chi connectivity index (χ0) is 26.3. The van der Waals surface area contributed by atoms with Crippen molar-refractivity contribution in [3.8, 4) is 11.4 Å². The predicted octanol–water partition coefficient (Wildman–Crippen LogP) is 8.50. The van der Waals surface area contributed by atoms with E-state index in [4.69, 9.17) is 0 Å². The molecule has 1 saturated carbocycles. The van der Waals surface area contributed by atoms with E-state index in [-0.39, 0.29) is 11.6 Å². The quantitative estimate of drug-likeness (QED) is 0.160. The van der Waals surface area contributed by atoms with Crippen LogP contribution in [0.3, 0.4) is 0 Å². The molecule has 0 spiro atoms. The van der Waals surface area contributed by atoms with Crippen LogP contribution in [-0.4, -0.2) is 21.5 Å². The minimum Gasteiger partial charge on any atom is -0.299 e. The predicted molar refractivity (Wildman–Crippen MR) is 152 cm³/mol. The molecule has 4 nitrogen and oxygen atoms in total. The summed E-state index contributed by atoms with van der Waals surface area (Å²) < 4.78 is 0. The van der Waals surface area contributed by atoms with Gasteiger partial charge in [-0.05, 0) is 42.7 Å². The number of unbranched alkanes of at least 4 members (excludes halogenated alkanes) is 9. The van der Waals surface area contributed by atoms with Crippen LogP contribution in [0.2, 0.25) is 0 Å². The first-order valence-corrected chi connectivity index (χ1v) is 15.1. The Bertz CT molecular complexity index is 936. The zero-order valence-corrected chi connectivity index (χ0v) is 23.4. The summed E-state index contributed by atoms with van der Waals surface area (Å²) >= 11 is 0. The van der Waals surface area contributed by atoms with E-state index in [1.807, 2.05) is 36.7 Å². The highest BCUT2D eigenvalue weighted by molar-refractivity contribution is 6.03. The maximum Gasteiger partial charge on any atom is 0.159 e. The van der Waals surface area contributed by atoms with Crippen LogP contribution in [0.1, 0.15) is 121 Å². The van der Waals surface area contributed by atoms with Gasteiger partial charge in [0.05, 0.1) is 5.92 Å². The third kappa shape index (κ3) is 10.1. The molecular weight excluding hydrogens is 456 g/mol. The second-order valence-corrected chi connectivity index (χ2v) is 11.1. The smallest absolute Gasteiger partial charge is 0.159 e. The number of aryl methyl sites for hydroxylation is 1. The third-order valence-electron chi connectivity index (χ3n) is 7.96. The molecule has 0 bridgehead atoms. The molecule has 2 aromatic rings. The molecule has 202 valence electrons. The number of carbonyl (C=O) groups is 2. The highest BCUT2D eigenvalue weighted by Gasteiger charge is 2.32. The molecule has 1 aliphatic carbocycles. The molecule has 1 heterocycles. The lowest BCUT2D eigenvalue weighted by atomic mass is 9.76.